The van der Waals surface area contributed by atoms with E-state index in [9.17, 15) is 39.0 Å². The van der Waals surface area contributed by atoms with Gasteiger partial charge in [0.1, 0.15) is 5.75 Å². The van der Waals surface area contributed by atoms with Gasteiger partial charge in [-0.25, -0.2) is 4.79 Å². The quantitative estimate of drug-likeness (QED) is 0.176. The van der Waals surface area contributed by atoms with Crippen LogP contribution in [0, 0.1) is 34.5 Å². The summed E-state index contributed by atoms with van der Waals surface area (Å²) in [4.78, 5) is 83.5. The maximum Gasteiger partial charge on any atom is 0.384 e. The largest absolute Gasteiger partial charge is 0.506 e. The molecule has 236 valence electrons. The molecule has 44 heavy (non-hydrogen) atoms. The van der Waals surface area contributed by atoms with E-state index in [0.717, 1.165) is 6.42 Å². The van der Waals surface area contributed by atoms with E-state index < -0.39 is 75.1 Å². The molecule has 2 saturated carbocycles. The molecule has 4 rings (SSSR count). The van der Waals surface area contributed by atoms with Gasteiger partial charge in [-0.3, -0.25) is 28.9 Å². The summed E-state index contributed by atoms with van der Waals surface area (Å²) in [6.07, 6.45) is 1.41. The van der Waals surface area contributed by atoms with Gasteiger partial charge in [0.15, 0.2) is 34.7 Å². The van der Waals surface area contributed by atoms with Crippen molar-refractivity contribution in [2.45, 2.75) is 58.1 Å². The number of phenolic OH excluding ortho intramolecular Hbond substituents is 1. The molecule has 6 atom stereocenters. The Hall–Kier alpha value is -4.08. The molecule has 0 heterocycles. The van der Waals surface area contributed by atoms with E-state index in [1.165, 1.54) is 32.0 Å². The van der Waals surface area contributed by atoms with Crippen molar-refractivity contribution in [3.8, 4) is 17.6 Å². The highest BCUT2D eigenvalue weighted by Gasteiger charge is 2.76. The fourth-order valence-corrected chi connectivity index (χ4v) is 7.73. The van der Waals surface area contributed by atoms with Crippen LogP contribution in [0.5, 0.6) is 5.75 Å². The maximum atomic E-state index is 14.4. The lowest BCUT2D eigenvalue weighted by Gasteiger charge is -2.61. The van der Waals surface area contributed by atoms with Crippen molar-refractivity contribution in [3.05, 3.63) is 22.8 Å². The van der Waals surface area contributed by atoms with Crippen LogP contribution < -0.4 is 10.6 Å². The number of fused-ring (bicyclic) bond motifs is 3. The number of benzene rings is 1. The number of rotatable bonds is 6. The first-order chi connectivity index (χ1) is 20.4. The van der Waals surface area contributed by atoms with Gasteiger partial charge >= 0.3 is 5.97 Å². The molecule has 0 saturated heterocycles. The first kappa shape index (κ1) is 32.8. The second-order valence-corrected chi connectivity index (χ2v) is 13.0. The number of nitrogens with two attached hydrogens (primary N) is 1. The lowest BCUT2D eigenvalue weighted by molar-refractivity contribution is -0.203. The summed E-state index contributed by atoms with van der Waals surface area (Å²) in [5, 5.41) is 23.4. The number of hydrogen-bond acceptors (Lipinski definition) is 11. The predicted molar refractivity (Wildman–Crippen MR) is 158 cm³/mol. The van der Waals surface area contributed by atoms with Crippen LogP contribution in [-0.4, -0.2) is 96.6 Å². The van der Waals surface area contributed by atoms with Crippen LogP contribution in [0.25, 0.3) is 0 Å². The third-order valence-corrected chi connectivity index (χ3v) is 9.48. The van der Waals surface area contributed by atoms with Crippen LogP contribution in [0.4, 0.5) is 5.69 Å². The Bertz CT molecular complexity index is 1550. The number of primary amides is 1. The molecule has 0 spiro atoms. The van der Waals surface area contributed by atoms with Crippen molar-refractivity contribution in [2.24, 2.45) is 28.4 Å². The highest BCUT2D eigenvalue weighted by atomic mass is 16.5. The Morgan fingerprint density at radius 2 is 1.75 bits per heavy atom. The molecule has 0 aliphatic heterocycles. The molecule has 3 aliphatic rings. The number of carbonyl (C=O) groups excluding carboxylic acids is 6. The number of likely N-dealkylation sites (N-methyl/N-ethyl adjacent to an activating group) is 1. The number of amides is 1. The summed E-state index contributed by atoms with van der Waals surface area (Å²) in [6.45, 7) is 5.25. The minimum atomic E-state index is -2.90. The van der Waals surface area contributed by atoms with Gasteiger partial charge in [-0.15, -0.1) is 0 Å². The van der Waals surface area contributed by atoms with E-state index >= 15 is 0 Å². The molecule has 3 aliphatic carbocycles. The molecule has 0 radical (unpaired) electrons. The van der Waals surface area contributed by atoms with Crippen LogP contribution in [0.15, 0.2) is 6.07 Å². The van der Waals surface area contributed by atoms with Gasteiger partial charge in [0.25, 0.3) is 0 Å². The van der Waals surface area contributed by atoms with Crippen LogP contribution in [0.2, 0.25) is 0 Å². The van der Waals surface area contributed by atoms with Crippen molar-refractivity contribution < 1.29 is 43.7 Å². The molecule has 4 N–H and O–H groups in total. The number of hydrogen-bond donors (Lipinski definition) is 3. The fourth-order valence-electron chi connectivity index (χ4n) is 7.73. The molecule has 2 unspecified atom stereocenters. The number of phenols is 1. The van der Waals surface area contributed by atoms with Crippen LogP contribution in [-0.2, 0) is 35.1 Å². The molecule has 0 bridgehead atoms. The zero-order valence-corrected chi connectivity index (χ0v) is 26.1. The summed E-state index contributed by atoms with van der Waals surface area (Å²) >= 11 is 0. The van der Waals surface area contributed by atoms with Gasteiger partial charge in [0.2, 0.25) is 5.91 Å². The third-order valence-electron chi connectivity index (χ3n) is 9.48. The highest BCUT2D eigenvalue weighted by Crippen LogP contribution is 2.62. The smallest absolute Gasteiger partial charge is 0.384 e. The Balaban J connectivity index is 1.92. The number of aromatic hydroxyl groups is 1. The molecule has 12 nitrogen and oxygen atoms in total. The average molecular weight is 610 g/mol. The number of unbranched alkanes of at least 4 members (excludes halogenated alkanes) is 1. The standard InChI is InChI=1S/C32H39N3O9/c1-8-9-12-44-19(36)11-10-16-13-18(34(4)5)17-14-30(2)15-31(3)26(35(6)7)25(39)21(29(33)42)27(40)32(31,43)28(41)22(30)24(38)20(17)23(16)37/h13,21-22,26,37,43H,8-9,12,14-15H2,1-7H3,(H2,33,42)/t21?,22?,26-,30+,31+,32-/m1/s1. The number of carbonyl (C=O) groups is 6. The molecule has 1 aromatic rings. The van der Waals surface area contributed by atoms with Crippen LogP contribution in [0.1, 0.15) is 61.5 Å². The van der Waals surface area contributed by atoms with Gasteiger partial charge in [-0.2, -0.15) is 0 Å². The van der Waals surface area contributed by atoms with E-state index in [2.05, 4.69) is 11.8 Å². The Morgan fingerprint density at radius 3 is 2.30 bits per heavy atom. The SMILES string of the molecule is CCCCOC(=O)C#Cc1cc(N(C)C)c2c(c1O)C(=O)C1C(=O)[C@]3(O)C(=O)C(C(N)=O)C(=O)[C@@H](N(C)C)[C@]3(C)C[C@]1(C)C2. The van der Waals surface area contributed by atoms with Crippen LogP contribution >= 0.6 is 0 Å². The van der Waals surface area contributed by atoms with Crippen molar-refractivity contribution in [1.29, 1.82) is 0 Å². The lowest BCUT2D eigenvalue weighted by atomic mass is 9.42. The molecule has 12 heteroatoms. The summed E-state index contributed by atoms with van der Waals surface area (Å²) in [5.41, 5.74) is 0.254. The zero-order chi connectivity index (χ0) is 33.1. The molecular weight excluding hydrogens is 570 g/mol. The van der Waals surface area contributed by atoms with E-state index in [1.54, 1.807) is 25.9 Å². The minimum Gasteiger partial charge on any atom is -0.506 e. The van der Waals surface area contributed by atoms with Crippen LogP contribution in [0.3, 0.4) is 0 Å². The van der Waals surface area contributed by atoms with Crippen molar-refractivity contribution in [1.82, 2.24) is 4.90 Å². The summed E-state index contributed by atoms with van der Waals surface area (Å²) < 4.78 is 5.06. The van der Waals surface area contributed by atoms with Gasteiger partial charge in [0, 0.05) is 31.1 Å². The number of esters is 1. The topological polar surface area (TPSA) is 185 Å². The number of Topliss-reactive ketones (excluding diaryl/α,β-unsaturated/α-hetero) is 4. The zero-order valence-electron chi connectivity index (χ0n) is 26.1. The predicted octanol–water partition coefficient (Wildman–Crippen LogP) is 0.408. The maximum absolute atomic E-state index is 14.4. The van der Waals surface area contributed by atoms with E-state index in [1.807, 2.05) is 6.92 Å². The lowest BCUT2D eigenvalue weighted by Crippen LogP contribution is -2.79. The first-order valence-corrected chi connectivity index (χ1v) is 14.5. The summed E-state index contributed by atoms with van der Waals surface area (Å²) in [6, 6.07) is 0.283. The van der Waals surface area contributed by atoms with Gasteiger partial charge in [-0.1, -0.05) is 33.1 Å². The Labute approximate surface area is 255 Å². The van der Waals surface area contributed by atoms with Gasteiger partial charge in [-0.05, 0) is 50.4 Å². The second kappa shape index (κ2) is 11.1. The highest BCUT2D eigenvalue weighted by molar-refractivity contribution is 6.33. The Kier molecular flexibility index (Phi) is 8.30. The monoisotopic (exact) mass is 609 g/mol. The van der Waals surface area contributed by atoms with Crippen molar-refractivity contribution >= 4 is 40.7 Å². The van der Waals surface area contributed by atoms with Gasteiger partial charge in [0.05, 0.1) is 29.7 Å². The third kappa shape index (κ3) is 4.61. The molecule has 0 aromatic heterocycles. The van der Waals surface area contributed by atoms with E-state index in [-0.39, 0.29) is 30.6 Å². The van der Waals surface area contributed by atoms with E-state index in [0.29, 0.717) is 17.7 Å². The summed E-state index contributed by atoms with van der Waals surface area (Å²) in [7, 11) is 6.51. The normalized spacial score (nSPS) is 31.0. The number of nitrogens with zero attached hydrogens (tertiary/aromatic N) is 2. The minimum absolute atomic E-state index is 0.0514. The molecular formula is C32H39N3O9. The first-order valence-electron chi connectivity index (χ1n) is 14.5. The molecule has 1 aromatic carbocycles. The number of ether oxygens (including phenoxy) is 1. The molecule has 1 amide bonds. The van der Waals surface area contributed by atoms with E-state index in [4.69, 9.17) is 10.5 Å². The molecule has 2 fully saturated rings. The average Bonchev–Trinajstić information content (AvgIpc) is 2.89. The Morgan fingerprint density at radius 1 is 1.11 bits per heavy atom. The summed E-state index contributed by atoms with van der Waals surface area (Å²) in [5.74, 6) is -5.62. The van der Waals surface area contributed by atoms with Gasteiger partial charge < -0.3 is 25.6 Å². The fraction of sp³-hybridized carbons (Fsp3) is 0.562. The number of aliphatic hydroxyl groups is 1. The second-order valence-electron chi connectivity index (χ2n) is 13.0. The number of ketones is 4. The number of anilines is 1. The van der Waals surface area contributed by atoms with Crippen molar-refractivity contribution in [2.75, 3.05) is 39.7 Å². The van der Waals surface area contributed by atoms with Crippen molar-refractivity contribution in [3.63, 3.8) is 0 Å².